The highest BCUT2D eigenvalue weighted by molar-refractivity contribution is 6.66. The molecule has 0 heterocycles. The van der Waals surface area contributed by atoms with E-state index >= 15 is 0 Å². The maximum Gasteiger partial charge on any atom is 0.489 e. The molecule has 2 aliphatic carbocycles. The molecule has 88 heavy (non-hydrogen) atoms. The molecule has 2 aliphatic rings. The van der Waals surface area contributed by atoms with Crippen LogP contribution >= 0.6 is 11.6 Å². The lowest BCUT2D eigenvalue weighted by atomic mass is 9.72. The van der Waals surface area contributed by atoms with Gasteiger partial charge in [-0.1, -0.05) is 262 Å². The maximum atomic E-state index is 9.94. The van der Waals surface area contributed by atoms with Crippen LogP contribution in [0, 0.1) is 22.7 Å². The van der Waals surface area contributed by atoms with E-state index in [2.05, 4.69) is 196 Å². The Balaban J connectivity index is 0.000000127. The minimum atomic E-state index is -1.50. The molecule has 0 aliphatic heterocycles. The third-order valence-corrected chi connectivity index (χ3v) is 18.0. The van der Waals surface area contributed by atoms with Gasteiger partial charge in [-0.3, -0.25) is 0 Å². The lowest BCUT2D eigenvalue weighted by molar-refractivity contribution is 0.426. The summed E-state index contributed by atoms with van der Waals surface area (Å²) in [6.07, 6.45) is 0.890. The zero-order valence-electron chi connectivity index (χ0n) is 48.5. The summed E-state index contributed by atoms with van der Waals surface area (Å²) >= 11 is 5.96. The number of rotatable bonds is 6. The van der Waals surface area contributed by atoms with Gasteiger partial charge in [0.15, 0.2) is 0 Å². The van der Waals surface area contributed by atoms with Gasteiger partial charge >= 0.3 is 7.12 Å². The summed E-state index contributed by atoms with van der Waals surface area (Å²) in [5, 5.41) is 48.0. The SMILES string of the molecule is CC1(C)c2cc(C#N)ccc2-c2ccc(-c3ccc(-c4c5ccccc5c(-c5ccccc5)c5ccccc45)cc3)cc21.N#Cc1ccc2c(c1)Cc1cc(-c3ccc(Cl)cc3)ccc1-2.OB(O)c1c2ccccc2c(-c2ccccc2)c2ccccc12. The van der Waals surface area contributed by atoms with E-state index in [1.807, 2.05) is 109 Å². The van der Waals surface area contributed by atoms with Crippen LogP contribution in [0.2, 0.25) is 5.02 Å². The molecule has 0 unspecified atom stereocenters. The summed E-state index contributed by atoms with van der Waals surface area (Å²) in [7, 11) is -1.50. The number of halogens is 1. The van der Waals surface area contributed by atoms with Gasteiger partial charge in [0.2, 0.25) is 0 Å². The van der Waals surface area contributed by atoms with Crippen molar-refractivity contribution in [3.8, 4) is 90.0 Å². The molecule has 0 spiro atoms. The fourth-order valence-corrected chi connectivity index (χ4v) is 13.8. The second-order valence-corrected chi connectivity index (χ2v) is 23.6. The van der Waals surface area contributed by atoms with Gasteiger partial charge in [0.05, 0.1) is 23.3 Å². The van der Waals surface area contributed by atoms with Crippen LogP contribution in [0.1, 0.15) is 47.2 Å². The second kappa shape index (κ2) is 23.0. The molecular weight excluding hydrogens is 1090 g/mol. The number of benzene rings is 14. The maximum absolute atomic E-state index is 9.94. The summed E-state index contributed by atoms with van der Waals surface area (Å²) in [6.45, 7) is 4.53. The van der Waals surface area contributed by atoms with Crippen LogP contribution in [0.25, 0.3) is 121 Å². The monoisotopic (exact) mass is 1150 g/mol. The molecule has 2 N–H and O–H groups in total. The molecule has 14 aromatic carbocycles. The molecule has 0 atom stereocenters. The fourth-order valence-electron chi connectivity index (χ4n) is 13.6. The third kappa shape index (κ3) is 9.89. The van der Waals surface area contributed by atoms with Crippen molar-refractivity contribution >= 4 is 67.3 Å². The quantitative estimate of drug-likeness (QED) is 0.128. The molecule has 0 radical (unpaired) electrons. The first kappa shape index (κ1) is 55.3. The molecule has 0 saturated carbocycles. The average Bonchev–Trinajstić information content (AvgIpc) is 1.23. The Kier molecular flexibility index (Phi) is 14.4. The minimum Gasteiger partial charge on any atom is -0.423 e. The lowest BCUT2D eigenvalue weighted by Crippen LogP contribution is -2.31. The smallest absolute Gasteiger partial charge is 0.423 e. The molecule has 0 fully saturated rings. The van der Waals surface area contributed by atoms with Gasteiger partial charge in [-0.2, -0.15) is 10.5 Å². The highest BCUT2D eigenvalue weighted by Crippen LogP contribution is 2.51. The Hall–Kier alpha value is -10.6. The third-order valence-electron chi connectivity index (χ3n) is 17.8. The van der Waals surface area contributed by atoms with Crippen molar-refractivity contribution in [2.75, 3.05) is 0 Å². The van der Waals surface area contributed by atoms with Gasteiger partial charge in [0, 0.05) is 10.4 Å². The first-order chi connectivity index (χ1) is 43.1. The van der Waals surface area contributed by atoms with E-state index < -0.39 is 7.12 Å². The average molecular weight is 1150 g/mol. The van der Waals surface area contributed by atoms with Crippen LogP contribution in [0.3, 0.4) is 0 Å². The van der Waals surface area contributed by atoms with Crippen LogP contribution in [0.4, 0.5) is 0 Å². The van der Waals surface area contributed by atoms with Gasteiger partial charge in [0.1, 0.15) is 0 Å². The largest absolute Gasteiger partial charge is 0.489 e. The number of hydrogen-bond donors (Lipinski definition) is 2. The summed E-state index contributed by atoms with van der Waals surface area (Å²) in [6, 6.07) is 101. The van der Waals surface area contributed by atoms with Gasteiger partial charge in [-0.15, -0.1) is 0 Å². The van der Waals surface area contributed by atoms with Crippen molar-refractivity contribution < 1.29 is 10.0 Å². The topological polar surface area (TPSA) is 88.0 Å². The van der Waals surface area contributed by atoms with E-state index in [0.29, 0.717) is 11.0 Å². The Morgan fingerprint density at radius 3 is 1.14 bits per heavy atom. The molecular formula is C82H56BClN2O2. The van der Waals surface area contributed by atoms with E-state index in [1.165, 1.54) is 111 Å². The molecule has 0 bridgehead atoms. The van der Waals surface area contributed by atoms with Gasteiger partial charge in [0.25, 0.3) is 0 Å². The first-order valence-corrected chi connectivity index (χ1v) is 30.0. The van der Waals surface area contributed by atoms with Crippen molar-refractivity contribution in [1.29, 1.82) is 10.5 Å². The molecule has 6 heteroatoms. The van der Waals surface area contributed by atoms with Crippen LogP contribution < -0.4 is 5.46 Å². The Bertz CT molecular complexity index is 5030. The van der Waals surface area contributed by atoms with Gasteiger partial charge in [-0.05, 0) is 198 Å². The highest BCUT2D eigenvalue weighted by Gasteiger charge is 2.36. The fraction of sp³-hybridized carbons (Fsp3) is 0.0488. The molecule has 0 amide bonds. The van der Waals surface area contributed by atoms with Crippen molar-refractivity contribution in [1.82, 2.24) is 0 Å². The summed E-state index contributed by atoms with van der Waals surface area (Å²) < 4.78 is 0. The van der Waals surface area contributed by atoms with E-state index in [-0.39, 0.29) is 5.41 Å². The van der Waals surface area contributed by atoms with Crippen LogP contribution in [0.15, 0.2) is 279 Å². The number of hydrogen-bond acceptors (Lipinski definition) is 4. The molecule has 4 nitrogen and oxygen atoms in total. The predicted molar refractivity (Wildman–Crippen MR) is 367 cm³/mol. The normalized spacial score (nSPS) is 12.2. The highest BCUT2D eigenvalue weighted by atomic mass is 35.5. The number of nitriles is 2. The molecule has 0 saturated heterocycles. The standard InChI is InChI=1S/C42H29N.C20H15BO2.C20H12ClN/c1-42(2)38-24-27(26-43)16-22-32(38)33-23-21-31(25-39(33)42)28-17-19-30(20-18-28)41-36-14-8-6-12-34(36)40(29-10-4-3-5-11-29)35-13-7-9-15-37(35)41;22-21(23)20-17-12-6-4-10-15(17)19(14-8-2-1-3-9-14)16-11-5-7-13-18(16)20;21-18-5-2-14(3-6-18)15-4-8-20-17(10-15)11-16-9-13(12-22)1-7-19(16)20/h3-25H,1-2H3;1-13,22-23H;1-10H,11H2. The van der Waals surface area contributed by atoms with Gasteiger partial charge in [-0.25, -0.2) is 0 Å². The number of fused-ring (bicyclic) bond motifs is 10. The summed E-state index contributed by atoms with van der Waals surface area (Å²) in [4.78, 5) is 0. The Morgan fingerprint density at radius 2 is 0.670 bits per heavy atom. The van der Waals surface area contributed by atoms with E-state index in [9.17, 15) is 15.3 Å². The lowest BCUT2D eigenvalue weighted by Gasteiger charge is -2.22. The molecule has 16 rings (SSSR count). The predicted octanol–water partition coefficient (Wildman–Crippen LogP) is 20.0. The zero-order valence-corrected chi connectivity index (χ0v) is 49.3. The molecule has 14 aromatic rings. The summed E-state index contributed by atoms with van der Waals surface area (Å²) in [5.41, 5.74) is 24.0. The van der Waals surface area contributed by atoms with Crippen molar-refractivity contribution in [3.63, 3.8) is 0 Å². The van der Waals surface area contributed by atoms with E-state index in [1.54, 1.807) is 0 Å². The van der Waals surface area contributed by atoms with Crippen molar-refractivity contribution in [2.45, 2.75) is 25.7 Å². The van der Waals surface area contributed by atoms with Gasteiger partial charge < -0.3 is 10.0 Å². The Labute approximate surface area is 517 Å². The van der Waals surface area contributed by atoms with Crippen LogP contribution in [-0.2, 0) is 11.8 Å². The molecule has 416 valence electrons. The Morgan fingerprint density at radius 1 is 0.341 bits per heavy atom. The second-order valence-electron chi connectivity index (χ2n) is 23.2. The number of nitrogens with zero attached hydrogens (tertiary/aromatic N) is 2. The molecule has 0 aromatic heterocycles. The van der Waals surface area contributed by atoms with Crippen molar-refractivity contribution in [2.24, 2.45) is 0 Å². The minimum absolute atomic E-state index is 0.161. The first-order valence-electron chi connectivity index (χ1n) is 29.6. The van der Waals surface area contributed by atoms with E-state index in [0.717, 1.165) is 49.7 Å². The zero-order chi connectivity index (χ0) is 60.0. The summed E-state index contributed by atoms with van der Waals surface area (Å²) in [5.74, 6) is 0. The van der Waals surface area contributed by atoms with Crippen LogP contribution in [-0.4, -0.2) is 17.2 Å². The van der Waals surface area contributed by atoms with E-state index in [4.69, 9.17) is 16.9 Å². The van der Waals surface area contributed by atoms with Crippen molar-refractivity contribution in [3.05, 3.63) is 317 Å². The van der Waals surface area contributed by atoms with Crippen LogP contribution in [0.5, 0.6) is 0 Å².